The standard InChI is InChI=1S/C13H20N2OS/c1-9-13(8-14-2)17-12-7-10(16-4)5-6-11(12)15(9)3/h5-7,9,13-14H,8H2,1-4H3. The summed E-state index contributed by atoms with van der Waals surface area (Å²) < 4.78 is 5.29. The van der Waals surface area contributed by atoms with Gasteiger partial charge in [-0.05, 0) is 32.2 Å². The summed E-state index contributed by atoms with van der Waals surface area (Å²) in [6.45, 7) is 3.30. The van der Waals surface area contributed by atoms with Crippen LogP contribution in [0.5, 0.6) is 5.75 Å². The maximum atomic E-state index is 5.29. The molecule has 1 aliphatic rings. The minimum atomic E-state index is 0.536. The van der Waals surface area contributed by atoms with Crippen LogP contribution in [0.15, 0.2) is 23.1 Å². The van der Waals surface area contributed by atoms with E-state index < -0.39 is 0 Å². The van der Waals surface area contributed by atoms with Crippen molar-refractivity contribution in [2.45, 2.75) is 23.1 Å². The summed E-state index contributed by atoms with van der Waals surface area (Å²) in [6.07, 6.45) is 0. The topological polar surface area (TPSA) is 24.5 Å². The Balaban J connectivity index is 2.31. The fourth-order valence-corrected chi connectivity index (χ4v) is 3.62. The highest BCUT2D eigenvalue weighted by Gasteiger charge is 2.29. The summed E-state index contributed by atoms with van der Waals surface area (Å²) in [6, 6.07) is 6.84. The van der Waals surface area contributed by atoms with Crippen LogP contribution in [-0.2, 0) is 0 Å². The second-order valence-corrected chi connectivity index (χ2v) is 5.68. The number of nitrogens with zero attached hydrogens (tertiary/aromatic N) is 1. The van der Waals surface area contributed by atoms with Crippen LogP contribution in [0, 0.1) is 0 Å². The lowest BCUT2D eigenvalue weighted by Gasteiger charge is -2.39. The molecule has 2 atom stereocenters. The molecule has 0 spiro atoms. The van der Waals surface area contributed by atoms with Gasteiger partial charge in [-0.25, -0.2) is 0 Å². The lowest BCUT2D eigenvalue weighted by molar-refractivity contribution is 0.413. The SMILES string of the molecule is CNCC1Sc2cc(OC)ccc2N(C)C1C. The quantitative estimate of drug-likeness (QED) is 0.891. The van der Waals surface area contributed by atoms with Crippen LogP contribution in [0.25, 0.3) is 0 Å². The number of rotatable bonds is 3. The van der Waals surface area contributed by atoms with Gasteiger partial charge in [-0.1, -0.05) is 0 Å². The van der Waals surface area contributed by atoms with E-state index in [0.29, 0.717) is 11.3 Å². The first-order valence-corrected chi connectivity index (χ1v) is 6.77. The van der Waals surface area contributed by atoms with Gasteiger partial charge in [-0.15, -0.1) is 11.8 Å². The molecule has 0 fully saturated rings. The van der Waals surface area contributed by atoms with E-state index in [0.717, 1.165) is 12.3 Å². The molecule has 0 saturated carbocycles. The first kappa shape index (κ1) is 12.6. The molecule has 17 heavy (non-hydrogen) atoms. The van der Waals surface area contributed by atoms with E-state index in [1.165, 1.54) is 10.6 Å². The zero-order valence-corrected chi connectivity index (χ0v) is 11.7. The zero-order valence-electron chi connectivity index (χ0n) is 10.9. The van der Waals surface area contributed by atoms with Gasteiger partial charge in [-0.3, -0.25) is 0 Å². The predicted molar refractivity (Wildman–Crippen MR) is 74.4 cm³/mol. The summed E-state index contributed by atoms with van der Waals surface area (Å²) in [5, 5.41) is 3.84. The fourth-order valence-electron chi connectivity index (χ4n) is 2.15. The van der Waals surface area contributed by atoms with Crippen molar-refractivity contribution in [3.8, 4) is 5.75 Å². The fraction of sp³-hybridized carbons (Fsp3) is 0.538. The highest BCUT2D eigenvalue weighted by molar-refractivity contribution is 8.00. The molecule has 0 amide bonds. The van der Waals surface area contributed by atoms with E-state index >= 15 is 0 Å². The molecule has 1 aromatic carbocycles. The molecule has 1 aromatic rings. The van der Waals surface area contributed by atoms with Gasteiger partial charge in [0.15, 0.2) is 0 Å². The van der Waals surface area contributed by atoms with Crippen molar-refractivity contribution < 1.29 is 4.74 Å². The number of anilines is 1. The third-order valence-electron chi connectivity index (χ3n) is 3.38. The molecule has 3 nitrogen and oxygen atoms in total. The molecule has 0 aromatic heterocycles. The maximum Gasteiger partial charge on any atom is 0.120 e. The molecule has 1 heterocycles. The first-order chi connectivity index (χ1) is 8.17. The number of fused-ring (bicyclic) bond motifs is 1. The van der Waals surface area contributed by atoms with Gasteiger partial charge < -0.3 is 15.0 Å². The van der Waals surface area contributed by atoms with Gasteiger partial charge >= 0.3 is 0 Å². The van der Waals surface area contributed by atoms with Crippen LogP contribution in [-0.4, -0.2) is 39.0 Å². The number of thioether (sulfide) groups is 1. The minimum absolute atomic E-state index is 0.536. The number of hydrogen-bond acceptors (Lipinski definition) is 4. The van der Waals surface area contributed by atoms with E-state index in [4.69, 9.17) is 4.74 Å². The average molecular weight is 252 g/mol. The van der Waals surface area contributed by atoms with Crippen molar-refractivity contribution in [3.05, 3.63) is 18.2 Å². The Bertz CT molecular complexity index is 397. The molecule has 0 saturated heterocycles. The molecule has 0 radical (unpaired) electrons. The van der Waals surface area contributed by atoms with Gasteiger partial charge in [0.1, 0.15) is 5.75 Å². The van der Waals surface area contributed by atoms with E-state index in [-0.39, 0.29) is 0 Å². The Morgan fingerprint density at radius 3 is 2.88 bits per heavy atom. The normalized spacial score (nSPS) is 23.4. The number of methoxy groups -OCH3 is 1. The van der Waals surface area contributed by atoms with Crippen molar-refractivity contribution in [1.29, 1.82) is 0 Å². The molecule has 1 N–H and O–H groups in total. The van der Waals surface area contributed by atoms with Crippen LogP contribution >= 0.6 is 11.8 Å². The van der Waals surface area contributed by atoms with Crippen LogP contribution in [0.2, 0.25) is 0 Å². The number of ether oxygens (including phenoxy) is 1. The Morgan fingerprint density at radius 2 is 2.24 bits per heavy atom. The zero-order chi connectivity index (χ0) is 12.4. The van der Waals surface area contributed by atoms with Crippen LogP contribution in [0.4, 0.5) is 5.69 Å². The summed E-state index contributed by atoms with van der Waals surface area (Å²) in [7, 11) is 5.89. The van der Waals surface area contributed by atoms with Crippen molar-refractivity contribution >= 4 is 17.4 Å². The Morgan fingerprint density at radius 1 is 1.47 bits per heavy atom. The number of hydrogen-bond donors (Lipinski definition) is 1. The highest BCUT2D eigenvalue weighted by Crippen LogP contribution is 2.42. The molecular formula is C13H20N2OS. The summed E-state index contributed by atoms with van der Waals surface area (Å²) in [5.41, 5.74) is 1.30. The lowest BCUT2D eigenvalue weighted by Crippen LogP contribution is -2.44. The number of nitrogens with one attached hydrogen (secondary N) is 1. The van der Waals surface area contributed by atoms with Crippen molar-refractivity contribution in [2.75, 3.05) is 32.6 Å². The van der Waals surface area contributed by atoms with Crippen molar-refractivity contribution in [1.82, 2.24) is 5.32 Å². The lowest BCUT2D eigenvalue weighted by atomic mass is 10.1. The largest absolute Gasteiger partial charge is 0.497 e. The molecule has 1 aliphatic heterocycles. The summed E-state index contributed by atoms with van der Waals surface area (Å²) >= 11 is 1.94. The van der Waals surface area contributed by atoms with E-state index in [2.05, 4.69) is 36.3 Å². The van der Waals surface area contributed by atoms with Crippen LogP contribution in [0.1, 0.15) is 6.92 Å². The van der Waals surface area contributed by atoms with Gasteiger partial charge in [0.25, 0.3) is 0 Å². The minimum Gasteiger partial charge on any atom is -0.497 e. The Hall–Kier alpha value is -0.870. The van der Waals surface area contributed by atoms with Gasteiger partial charge in [0.2, 0.25) is 0 Å². The van der Waals surface area contributed by atoms with Gasteiger partial charge in [0, 0.05) is 29.8 Å². The molecule has 0 aliphatic carbocycles. The van der Waals surface area contributed by atoms with Crippen LogP contribution < -0.4 is 15.0 Å². The average Bonchev–Trinajstić information content (AvgIpc) is 2.35. The molecule has 0 bridgehead atoms. The summed E-state index contributed by atoms with van der Waals surface area (Å²) in [5.74, 6) is 0.933. The molecule has 2 rings (SSSR count). The van der Waals surface area contributed by atoms with E-state index in [1.807, 2.05) is 24.9 Å². The summed E-state index contributed by atoms with van der Waals surface area (Å²) in [4.78, 5) is 3.66. The molecule has 94 valence electrons. The Kier molecular flexibility index (Phi) is 3.84. The molecular weight excluding hydrogens is 232 g/mol. The van der Waals surface area contributed by atoms with E-state index in [9.17, 15) is 0 Å². The van der Waals surface area contributed by atoms with Crippen LogP contribution in [0.3, 0.4) is 0 Å². The smallest absolute Gasteiger partial charge is 0.120 e. The van der Waals surface area contributed by atoms with Gasteiger partial charge in [0.05, 0.1) is 12.8 Å². The van der Waals surface area contributed by atoms with Crippen molar-refractivity contribution in [3.63, 3.8) is 0 Å². The van der Waals surface area contributed by atoms with Gasteiger partial charge in [-0.2, -0.15) is 0 Å². The maximum absolute atomic E-state index is 5.29. The first-order valence-electron chi connectivity index (χ1n) is 5.89. The predicted octanol–water partition coefficient (Wildman–Crippen LogP) is 2.21. The second-order valence-electron chi connectivity index (χ2n) is 4.40. The van der Waals surface area contributed by atoms with E-state index in [1.54, 1.807) is 7.11 Å². The van der Waals surface area contributed by atoms with Crippen molar-refractivity contribution in [2.24, 2.45) is 0 Å². The monoisotopic (exact) mass is 252 g/mol. The molecule has 4 heteroatoms. The highest BCUT2D eigenvalue weighted by atomic mass is 32.2. The third-order valence-corrected chi connectivity index (χ3v) is 4.82. The number of benzene rings is 1. The molecule has 2 unspecified atom stereocenters. The third kappa shape index (κ3) is 2.38. The second kappa shape index (κ2) is 5.19. The Labute approximate surface area is 108 Å².